The number of aromatic nitrogens is 5. The van der Waals surface area contributed by atoms with Crippen molar-refractivity contribution in [2.24, 2.45) is 12.8 Å². The number of nitrogens with two attached hydrogens (primary N) is 1. The third-order valence-electron chi connectivity index (χ3n) is 3.95. The predicted molar refractivity (Wildman–Crippen MR) is 88.7 cm³/mol. The molecule has 0 aliphatic heterocycles. The maximum absolute atomic E-state index is 11.5. The molecule has 0 aliphatic carbocycles. The number of aryl methyl sites for hydroxylation is 1. The highest BCUT2D eigenvalue weighted by Crippen LogP contribution is 2.30. The van der Waals surface area contributed by atoms with Crippen LogP contribution in [0.4, 0.5) is 0 Å². The van der Waals surface area contributed by atoms with Crippen LogP contribution in [0.5, 0.6) is 5.75 Å². The molecule has 0 spiro atoms. The van der Waals surface area contributed by atoms with Crippen LogP contribution in [0.2, 0.25) is 0 Å². The lowest BCUT2D eigenvalue weighted by molar-refractivity contribution is 0.100. The maximum Gasteiger partial charge on any atom is 0.252 e. The summed E-state index contributed by atoms with van der Waals surface area (Å²) in [6, 6.07) is 5.71. The number of hydrogen-bond donors (Lipinski definition) is 2. The Morgan fingerprint density at radius 2 is 2.21 bits per heavy atom. The Kier molecular flexibility index (Phi) is 2.99. The number of hydrogen-bond acceptors (Lipinski definition) is 5. The van der Waals surface area contributed by atoms with Gasteiger partial charge in [0.25, 0.3) is 5.91 Å². The van der Waals surface area contributed by atoms with Gasteiger partial charge in [0, 0.05) is 18.6 Å². The van der Waals surface area contributed by atoms with E-state index in [2.05, 4.69) is 20.1 Å². The largest absolute Gasteiger partial charge is 0.497 e. The lowest BCUT2D eigenvalue weighted by Gasteiger charge is -2.01. The number of rotatable bonds is 3. The Labute approximate surface area is 136 Å². The first kappa shape index (κ1) is 14.2. The van der Waals surface area contributed by atoms with Crippen LogP contribution < -0.4 is 10.5 Å². The summed E-state index contributed by atoms with van der Waals surface area (Å²) < 4.78 is 7.06. The number of amides is 1. The van der Waals surface area contributed by atoms with Gasteiger partial charge >= 0.3 is 0 Å². The molecule has 8 nitrogen and oxygen atoms in total. The van der Waals surface area contributed by atoms with Crippen LogP contribution in [-0.4, -0.2) is 37.7 Å². The number of fused-ring (bicyclic) bond motifs is 2. The standard InChI is InChI=1S/C16H14N6O2/c1-22-12-4-3-8(24-2)5-9(12)13(21-22)11-7-19-16-14(20-11)10(6-18-16)15(17)23/h3-7H,1-2H3,(H2,17,23)(H,18,19). The summed E-state index contributed by atoms with van der Waals surface area (Å²) in [6.45, 7) is 0. The smallest absolute Gasteiger partial charge is 0.252 e. The molecule has 0 unspecified atom stereocenters. The number of H-pyrrole nitrogens is 1. The molecule has 8 heteroatoms. The molecule has 24 heavy (non-hydrogen) atoms. The van der Waals surface area contributed by atoms with Gasteiger partial charge in [-0.2, -0.15) is 5.10 Å². The van der Waals surface area contributed by atoms with E-state index in [1.165, 1.54) is 6.20 Å². The molecule has 1 amide bonds. The molecule has 0 aliphatic rings. The fourth-order valence-electron chi connectivity index (χ4n) is 2.75. The molecule has 0 bridgehead atoms. The first-order chi connectivity index (χ1) is 11.6. The molecule has 0 atom stereocenters. The first-order valence-corrected chi connectivity index (χ1v) is 7.23. The molecule has 3 N–H and O–H groups in total. The Morgan fingerprint density at radius 3 is 2.96 bits per heavy atom. The van der Waals surface area contributed by atoms with E-state index in [9.17, 15) is 4.79 Å². The van der Waals surface area contributed by atoms with Crippen LogP contribution in [0, 0.1) is 0 Å². The van der Waals surface area contributed by atoms with Crippen molar-refractivity contribution in [3.63, 3.8) is 0 Å². The molecule has 0 saturated heterocycles. The van der Waals surface area contributed by atoms with Gasteiger partial charge in [0.15, 0.2) is 5.65 Å². The van der Waals surface area contributed by atoms with Crippen molar-refractivity contribution in [1.82, 2.24) is 24.7 Å². The SMILES string of the molecule is COc1ccc2c(c1)c(-c1cnc3[nH]cc(C(N)=O)c3n1)nn2C. The van der Waals surface area contributed by atoms with Crippen molar-refractivity contribution in [2.45, 2.75) is 0 Å². The van der Waals surface area contributed by atoms with Gasteiger partial charge in [-0.1, -0.05) is 0 Å². The fraction of sp³-hybridized carbons (Fsp3) is 0.125. The van der Waals surface area contributed by atoms with Crippen molar-refractivity contribution in [1.29, 1.82) is 0 Å². The molecule has 120 valence electrons. The highest BCUT2D eigenvalue weighted by Gasteiger charge is 2.17. The summed E-state index contributed by atoms with van der Waals surface area (Å²) in [5, 5.41) is 5.42. The topological polar surface area (TPSA) is 112 Å². The lowest BCUT2D eigenvalue weighted by atomic mass is 10.1. The average molecular weight is 322 g/mol. The van der Waals surface area contributed by atoms with E-state index < -0.39 is 5.91 Å². The minimum Gasteiger partial charge on any atom is -0.497 e. The van der Waals surface area contributed by atoms with E-state index in [0.717, 1.165) is 16.7 Å². The van der Waals surface area contributed by atoms with Crippen LogP contribution in [-0.2, 0) is 7.05 Å². The van der Waals surface area contributed by atoms with E-state index in [0.29, 0.717) is 28.1 Å². The van der Waals surface area contributed by atoms with Crippen LogP contribution >= 0.6 is 0 Å². The van der Waals surface area contributed by atoms with E-state index in [1.54, 1.807) is 18.0 Å². The molecule has 0 fully saturated rings. The molecule has 3 aromatic heterocycles. The van der Waals surface area contributed by atoms with Gasteiger partial charge in [0.05, 0.1) is 24.4 Å². The second-order valence-corrected chi connectivity index (χ2v) is 5.37. The zero-order valence-electron chi connectivity index (χ0n) is 13.1. The molecule has 0 saturated carbocycles. The third-order valence-corrected chi connectivity index (χ3v) is 3.95. The van der Waals surface area contributed by atoms with Crippen LogP contribution in [0.3, 0.4) is 0 Å². The number of ether oxygens (including phenoxy) is 1. The number of nitrogens with zero attached hydrogens (tertiary/aromatic N) is 4. The normalized spacial score (nSPS) is 11.2. The quantitative estimate of drug-likeness (QED) is 0.595. The average Bonchev–Trinajstić information content (AvgIpc) is 3.15. The Balaban J connectivity index is 1.98. The van der Waals surface area contributed by atoms with Gasteiger partial charge in [-0.3, -0.25) is 9.48 Å². The Hall–Kier alpha value is -3.42. The number of primary amides is 1. The first-order valence-electron chi connectivity index (χ1n) is 7.23. The van der Waals surface area contributed by atoms with Gasteiger partial charge in [-0.15, -0.1) is 0 Å². The van der Waals surface area contributed by atoms with Crippen LogP contribution in [0.25, 0.3) is 33.5 Å². The highest BCUT2D eigenvalue weighted by molar-refractivity contribution is 6.04. The lowest BCUT2D eigenvalue weighted by Crippen LogP contribution is -2.10. The molecule has 4 aromatic rings. The summed E-state index contributed by atoms with van der Waals surface area (Å²) in [4.78, 5) is 23.3. The zero-order chi connectivity index (χ0) is 16.8. The molecule has 4 rings (SSSR count). The summed E-state index contributed by atoms with van der Waals surface area (Å²) in [5.74, 6) is 0.172. The summed E-state index contributed by atoms with van der Waals surface area (Å²) in [6.07, 6.45) is 3.13. The second-order valence-electron chi connectivity index (χ2n) is 5.37. The zero-order valence-corrected chi connectivity index (χ0v) is 13.1. The van der Waals surface area contributed by atoms with Crippen LogP contribution in [0.15, 0.2) is 30.6 Å². The van der Waals surface area contributed by atoms with E-state index >= 15 is 0 Å². The third kappa shape index (κ3) is 2.00. The predicted octanol–water partition coefficient (Wildman–Crippen LogP) is 1.62. The van der Waals surface area contributed by atoms with Crippen molar-refractivity contribution in [2.75, 3.05) is 7.11 Å². The highest BCUT2D eigenvalue weighted by atomic mass is 16.5. The molecular formula is C16H14N6O2. The number of benzene rings is 1. The Morgan fingerprint density at radius 1 is 1.38 bits per heavy atom. The van der Waals surface area contributed by atoms with E-state index in [1.807, 2.05) is 25.2 Å². The minimum absolute atomic E-state index is 0.303. The molecule has 1 aromatic carbocycles. The van der Waals surface area contributed by atoms with Crippen LogP contribution in [0.1, 0.15) is 10.4 Å². The van der Waals surface area contributed by atoms with Gasteiger partial charge in [0.2, 0.25) is 0 Å². The van der Waals surface area contributed by atoms with Gasteiger partial charge in [-0.05, 0) is 18.2 Å². The van der Waals surface area contributed by atoms with E-state index in [4.69, 9.17) is 10.5 Å². The maximum atomic E-state index is 11.5. The number of aromatic amines is 1. The van der Waals surface area contributed by atoms with Gasteiger partial charge in [-0.25, -0.2) is 9.97 Å². The minimum atomic E-state index is -0.555. The van der Waals surface area contributed by atoms with Crippen molar-refractivity contribution >= 4 is 28.0 Å². The molecule has 3 heterocycles. The number of methoxy groups -OCH3 is 1. The van der Waals surface area contributed by atoms with E-state index in [-0.39, 0.29) is 0 Å². The van der Waals surface area contributed by atoms with Crippen molar-refractivity contribution < 1.29 is 9.53 Å². The summed E-state index contributed by atoms with van der Waals surface area (Å²) >= 11 is 0. The Bertz CT molecular complexity index is 1090. The summed E-state index contributed by atoms with van der Waals surface area (Å²) in [7, 11) is 3.47. The number of carbonyl (C=O) groups is 1. The van der Waals surface area contributed by atoms with Gasteiger partial charge < -0.3 is 15.5 Å². The molecule has 0 radical (unpaired) electrons. The van der Waals surface area contributed by atoms with Crippen molar-refractivity contribution in [3.8, 4) is 17.1 Å². The summed E-state index contributed by atoms with van der Waals surface area (Å²) in [5.41, 5.74) is 8.79. The van der Waals surface area contributed by atoms with Gasteiger partial charge in [0.1, 0.15) is 22.7 Å². The molecular weight excluding hydrogens is 308 g/mol. The fourth-order valence-corrected chi connectivity index (χ4v) is 2.75. The second kappa shape index (κ2) is 5.05. The van der Waals surface area contributed by atoms with Crippen molar-refractivity contribution in [3.05, 3.63) is 36.2 Å². The number of nitrogens with one attached hydrogen (secondary N) is 1. The monoisotopic (exact) mass is 322 g/mol. The number of carbonyl (C=O) groups excluding carboxylic acids is 1.